The largest absolute Gasteiger partial charge is 0.456 e. The van der Waals surface area contributed by atoms with Crippen LogP contribution in [0.15, 0.2) is 270 Å². The Hall–Kier alpha value is -11.5. The molecule has 0 spiro atoms. The Morgan fingerprint density at radius 3 is 1.31 bits per heavy atom. The molecule has 0 aliphatic rings. The van der Waals surface area contributed by atoms with Crippen LogP contribution in [-0.4, -0.2) is 14.1 Å². The summed E-state index contributed by atoms with van der Waals surface area (Å²) in [6, 6.07) is 91.3. The third kappa shape index (κ3) is 8.61. The average molecular weight is 1250 g/mol. The molecule has 0 saturated carbocycles. The highest BCUT2D eigenvalue weighted by atomic mass is 16.3. The molecule has 0 amide bonds. The molecule has 0 atom stereocenters. The second kappa shape index (κ2) is 20.5. The van der Waals surface area contributed by atoms with Crippen LogP contribution in [0.5, 0.6) is 0 Å². The molecule has 0 unspecified atom stereocenters. The molecule has 15 aromatic carbocycles. The van der Waals surface area contributed by atoms with Crippen molar-refractivity contribution in [3.8, 4) is 11.4 Å². The predicted octanol–water partition coefficient (Wildman–Crippen LogP) is 25.9. The Kier molecular flexibility index (Phi) is 12.1. The molecule has 6 nitrogen and oxygen atoms in total. The first-order valence-electron chi connectivity index (χ1n) is 34.0. The summed E-state index contributed by atoms with van der Waals surface area (Å²) in [7, 11) is 0. The number of aromatic nitrogens is 3. The fourth-order valence-electron chi connectivity index (χ4n) is 16.2. The molecule has 466 valence electrons. The van der Waals surface area contributed by atoms with Crippen LogP contribution in [0.1, 0.15) is 79.0 Å². The lowest BCUT2D eigenvalue weighted by Gasteiger charge is -2.25. The number of para-hydroxylation sites is 3. The lowest BCUT2D eigenvalue weighted by Crippen LogP contribution is -2.11. The van der Waals surface area contributed by atoms with Crippen LogP contribution in [0.3, 0.4) is 0 Å². The van der Waals surface area contributed by atoms with Gasteiger partial charge in [0.25, 0.3) is 0 Å². The van der Waals surface area contributed by atoms with Crippen molar-refractivity contribution in [3.63, 3.8) is 0 Å². The standard InChI is InChI=1S/C46H43NO.C45H27N3O/c1-44(2,3)28-12-16-31(17-13-28)47-36-20-14-29(45(4,5)6)24-34(36)42-32-18-11-27-23-39-43(33-19-10-26(22-37(42)47)40(32)41(27)33)35-25-30(46(7,8)9)15-21-38(35)48-39;1-3-10-30(11-4-1)47(31-12-5-2-6-13-31)32-19-22-35-40(26-32)49-41-25-29-18-20-36-42-28(17-21-37(43(29)42)45(35)41)24-39-44(36)34-15-7-8-16-38(34)48(39)33-14-9-23-46-27-33/h10-25H,1-9H3;1-27H. The predicted molar refractivity (Wildman–Crippen MR) is 412 cm³/mol. The Balaban J connectivity index is 0.000000136. The van der Waals surface area contributed by atoms with Gasteiger partial charge in [-0.25, -0.2) is 0 Å². The first kappa shape index (κ1) is 57.0. The smallest absolute Gasteiger partial charge is 0.137 e. The Bertz CT molecular complexity index is 6550. The van der Waals surface area contributed by atoms with E-state index in [1.807, 2.05) is 18.5 Å². The van der Waals surface area contributed by atoms with Gasteiger partial charge >= 0.3 is 0 Å². The van der Waals surface area contributed by atoms with Crippen molar-refractivity contribution in [1.82, 2.24) is 14.1 Å². The minimum Gasteiger partial charge on any atom is -0.456 e. The third-order valence-electron chi connectivity index (χ3n) is 20.9. The average Bonchev–Trinajstić information content (AvgIpc) is 1.61. The van der Waals surface area contributed by atoms with Crippen LogP contribution < -0.4 is 4.90 Å². The van der Waals surface area contributed by atoms with Crippen molar-refractivity contribution in [3.05, 3.63) is 278 Å². The van der Waals surface area contributed by atoms with Crippen LogP contribution >= 0.6 is 0 Å². The minimum atomic E-state index is 0.0423. The Morgan fingerprint density at radius 1 is 0.278 bits per heavy atom. The van der Waals surface area contributed by atoms with Crippen molar-refractivity contribution >= 4 is 169 Å². The zero-order valence-electron chi connectivity index (χ0n) is 55.9. The molecule has 0 N–H and O–H groups in total. The van der Waals surface area contributed by atoms with Gasteiger partial charge in [-0.2, -0.15) is 0 Å². The van der Waals surface area contributed by atoms with Gasteiger partial charge in [-0.15, -0.1) is 0 Å². The SMILES string of the molecule is CC(C)(C)c1ccc(-n2c3ccc(C(C)(C)C)cc3c3c4ccc5cc6oc7ccc(C(C)(C)C)cc7c6c6ccc(cc32)c4c56)cc1.c1ccc(N(c2ccccc2)c2ccc3c(c2)oc2cc4ccc5c6c(ccc(c23)c46)cc2c5c3ccccc3n2-c2cccnc2)cc1. The summed E-state index contributed by atoms with van der Waals surface area (Å²) in [4.78, 5) is 6.74. The molecule has 0 aliphatic carbocycles. The van der Waals surface area contributed by atoms with Crippen molar-refractivity contribution in [1.29, 1.82) is 0 Å². The molecule has 0 radical (unpaired) electrons. The summed E-state index contributed by atoms with van der Waals surface area (Å²) in [6.45, 7) is 20.6. The topological polar surface area (TPSA) is 52.3 Å². The first-order chi connectivity index (χ1) is 47.0. The fraction of sp³-hybridized carbons (Fsp3) is 0.132. The number of furan rings is 2. The van der Waals surface area contributed by atoms with Crippen LogP contribution in [0.4, 0.5) is 17.1 Å². The molecule has 5 heterocycles. The maximum atomic E-state index is 6.71. The van der Waals surface area contributed by atoms with Crippen molar-refractivity contribution in [2.45, 2.75) is 78.6 Å². The molecule has 0 bridgehead atoms. The summed E-state index contributed by atoms with van der Waals surface area (Å²) in [6.07, 6.45) is 3.78. The maximum Gasteiger partial charge on any atom is 0.137 e. The van der Waals surface area contributed by atoms with Gasteiger partial charge in [-0.1, -0.05) is 190 Å². The van der Waals surface area contributed by atoms with Gasteiger partial charge in [-0.3, -0.25) is 4.98 Å². The van der Waals surface area contributed by atoms with E-state index in [4.69, 9.17) is 8.83 Å². The molecule has 0 fully saturated rings. The number of hydrogen-bond acceptors (Lipinski definition) is 4. The van der Waals surface area contributed by atoms with E-state index in [9.17, 15) is 0 Å². The highest BCUT2D eigenvalue weighted by molar-refractivity contribution is 6.39. The van der Waals surface area contributed by atoms with E-state index in [0.717, 1.165) is 55.9 Å². The van der Waals surface area contributed by atoms with Gasteiger partial charge in [0.1, 0.15) is 22.3 Å². The van der Waals surface area contributed by atoms with E-state index in [-0.39, 0.29) is 16.2 Å². The van der Waals surface area contributed by atoms with Gasteiger partial charge < -0.3 is 22.9 Å². The fourth-order valence-corrected chi connectivity index (χ4v) is 16.2. The van der Waals surface area contributed by atoms with Crippen LogP contribution in [0, 0.1) is 0 Å². The normalized spacial score (nSPS) is 12.8. The molecule has 5 aromatic heterocycles. The monoisotopic (exact) mass is 1250 g/mol. The lowest BCUT2D eigenvalue weighted by atomic mass is 9.85. The number of benzene rings is 15. The highest BCUT2D eigenvalue weighted by Crippen LogP contribution is 2.50. The van der Waals surface area contributed by atoms with E-state index < -0.39 is 0 Å². The zero-order chi connectivity index (χ0) is 65.5. The summed E-state index contributed by atoms with van der Waals surface area (Å²) < 4.78 is 18.1. The first-order valence-corrected chi connectivity index (χ1v) is 34.0. The number of rotatable bonds is 5. The molecule has 6 heteroatoms. The van der Waals surface area contributed by atoms with Crippen molar-refractivity contribution in [2.24, 2.45) is 0 Å². The molecular weight excluding hydrogens is 1180 g/mol. The van der Waals surface area contributed by atoms with Crippen LogP contribution in [0.25, 0.3) is 163 Å². The van der Waals surface area contributed by atoms with E-state index in [1.165, 1.54) is 141 Å². The summed E-state index contributed by atoms with van der Waals surface area (Å²) in [5.41, 5.74) is 18.3. The quantitative estimate of drug-likeness (QED) is 0.161. The molecule has 0 aliphatic heterocycles. The second-order valence-electron chi connectivity index (χ2n) is 29.9. The van der Waals surface area contributed by atoms with Crippen LogP contribution in [0.2, 0.25) is 0 Å². The molecular formula is C91H70N4O2. The molecule has 20 aromatic rings. The van der Waals surface area contributed by atoms with Gasteiger partial charge in [0.15, 0.2) is 0 Å². The zero-order valence-corrected chi connectivity index (χ0v) is 55.9. The summed E-state index contributed by atoms with van der Waals surface area (Å²) in [5.74, 6) is 0. The number of pyridine rings is 1. The van der Waals surface area contributed by atoms with Crippen molar-refractivity contribution < 1.29 is 8.83 Å². The second-order valence-corrected chi connectivity index (χ2v) is 29.9. The molecule has 97 heavy (non-hydrogen) atoms. The lowest BCUT2D eigenvalue weighted by molar-refractivity contribution is 0.590. The van der Waals surface area contributed by atoms with E-state index in [2.05, 4.69) is 324 Å². The minimum absolute atomic E-state index is 0.0423. The number of hydrogen-bond donors (Lipinski definition) is 0. The highest BCUT2D eigenvalue weighted by Gasteiger charge is 2.27. The van der Waals surface area contributed by atoms with Crippen LogP contribution in [-0.2, 0) is 16.2 Å². The number of nitrogens with zero attached hydrogens (tertiary/aromatic N) is 4. The van der Waals surface area contributed by atoms with E-state index in [0.29, 0.717) is 0 Å². The van der Waals surface area contributed by atoms with Gasteiger partial charge in [0.2, 0.25) is 0 Å². The van der Waals surface area contributed by atoms with Gasteiger partial charge in [0.05, 0.1) is 34.0 Å². The summed E-state index contributed by atoms with van der Waals surface area (Å²) >= 11 is 0. The van der Waals surface area contributed by atoms with Crippen molar-refractivity contribution in [2.75, 3.05) is 4.90 Å². The number of fused-ring (bicyclic) bond motifs is 16. The van der Waals surface area contributed by atoms with Gasteiger partial charge in [-0.05, 0) is 213 Å². The van der Waals surface area contributed by atoms with Gasteiger partial charge in [0, 0.05) is 78.1 Å². The third-order valence-corrected chi connectivity index (χ3v) is 20.9. The Labute approximate surface area is 561 Å². The molecule has 0 saturated heterocycles. The summed E-state index contributed by atoms with van der Waals surface area (Å²) in [5, 5.41) is 25.0. The van der Waals surface area contributed by atoms with E-state index in [1.54, 1.807) is 0 Å². The number of anilines is 3. The molecule has 20 rings (SSSR count). The van der Waals surface area contributed by atoms with E-state index >= 15 is 0 Å². The Morgan fingerprint density at radius 2 is 0.742 bits per heavy atom. The maximum absolute atomic E-state index is 6.71.